The summed E-state index contributed by atoms with van der Waals surface area (Å²) in [6.45, 7) is 1.88. The van der Waals surface area contributed by atoms with Gasteiger partial charge in [0.25, 0.3) is 5.91 Å². The standard InChI is InChI=1S/C29H32F3N5O5S/c1-19-17-23(37(27(33)39)22-6-2-3-7-22)10-9-20(19)11-16-43(40,41)36-14-12-28(13-15-36)26(38)34-25(35-28)21-5-4-8-24(18-21)42-29(30,31)32/h4-5,8-11,16-18,22H,2-3,6-7,12-15H2,1H3,(H2,33,39)(H,34,35,38)/b16-11+. The lowest BCUT2D eigenvalue weighted by atomic mass is 9.89. The molecule has 3 N–H and O–H groups in total. The molecule has 1 spiro atoms. The number of ether oxygens (including phenoxy) is 1. The fourth-order valence-corrected chi connectivity index (χ4v) is 7.05. The molecule has 5 rings (SSSR count). The molecule has 0 atom stereocenters. The minimum Gasteiger partial charge on any atom is -0.406 e. The maximum Gasteiger partial charge on any atom is 0.573 e. The first-order valence-electron chi connectivity index (χ1n) is 13.9. The second-order valence-corrected chi connectivity index (χ2v) is 12.8. The number of nitrogens with two attached hydrogens (primary N) is 1. The van der Waals surface area contributed by atoms with Crippen molar-refractivity contribution in [3.05, 3.63) is 64.6 Å². The van der Waals surface area contributed by atoms with Crippen LogP contribution in [0.1, 0.15) is 55.2 Å². The van der Waals surface area contributed by atoms with Gasteiger partial charge in [-0.25, -0.2) is 13.2 Å². The number of halogens is 3. The van der Waals surface area contributed by atoms with E-state index in [1.807, 2.05) is 13.0 Å². The van der Waals surface area contributed by atoms with Gasteiger partial charge in [0, 0.05) is 35.8 Å². The number of alkyl halides is 3. The summed E-state index contributed by atoms with van der Waals surface area (Å²) in [7, 11) is -3.84. The number of carbonyl (C=O) groups excluding carboxylic acids is 2. The Kier molecular flexibility index (Phi) is 8.27. The molecule has 2 aromatic rings. The number of hydrogen-bond donors (Lipinski definition) is 2. The Balaban J connectivity index is 1.26. The van der Waals surface area contributed by atoms with Gasteiger partial charge >= 0.3 is 12.4 Å². The van der Waals surface area contributed by atoms with Crippen molar-refractivity contribution in [1.82, 2.24) is 9.62 Å². The van der Waals surface area contributed by atoms with E-state index in [2.05, 4.69) is 15.0 Å². The number of amidine groups is 1. The molecule has 2 aliphatic heterocycles. The quantitative estimate of drug-likeness (QED) is 0.473. The molecular formula is C29H32F3N5O5S. The maximum absolute atomic E-state index is 13.2. The van der Waals surface area contributed by atoms with Crippen molar-refractivity contribution in [2.24, 2.45) is 10.7 Å². The van der Waals surface area contributed by atoms with Crippen LogP contribution in [0.4, 0.5) is 23.7 Å². The Hall–Kier alpha value is -3.91. The van der Waals surface area contributed by atoms with Gasteiger partial charge < -0.3 is 15.8 Å². The van der Waals surface area contributed by atoms with E-state index in [0.29, 0.717) is 11.3 Å². The van der Waals surface area contributed by atoms with Crippen LogP contribution in [0.3, 0.4) is 0 Å². The van der Waals surface area contributed by atoms with Crippen LogP contribution in [-0.4, -0.2) is 61.5 Å². The zero-order valence-corrected chi connectivity index (χ0v) is 24.2. The Morgan fingerprint density at radius 1 is 1.16 bits per heavy atom. The number of urea groups is 1. The van der Waals surface area contributed by atoms with Gasteiger partial charge in [-0.3, -0.25) is 14.7 Å². The molecule has 1 saturated heterocycles. The monoisotopic (exact) mass is 619 g/mol. The summed E-state index contributed by atoms with van der Waals surface area (Å²) in [4.78, 5) is 31.2. The summed E-state index contributed by atoms with van der Waals surface area (Å²) in [5.41, 5.74) is 6.80. The minimum absolute atomic E-state index is 0.0287. The lowest BCUT2D eigenvalue weighted by Crippen LogP contribution is -2.50. The van der Waals surface area contributed by atoms with E-state index in [4.69, 9.17) is 5.73 Å². The molecule has 14 heteroatoms. The largest absolute Gasteiger partial charge is 0.573 e. The zero-order valence-electron chi connectivity index (χ0n) is 23.4. The van der Waals surface area contributed by atoms with Crippen molar-refractivity contribution in [2.45, 2.75) is 63.4 Å². The number of nitrogens with zero attached hydrogens (tertiary/aromatic N) is 3. The van der Waals surface area contributed by atoms with Crippen molar-refractivity contribution >= 4 is 39.6 Å². The highest BCUT2D eigenvalue weighted by atomic mass is 32.2. The number of benzene rings is 2. The van der Waals surface area contributed by atoms with Crippen LogP contribution in [0.25, 0.3) is 6.08 Å². The Bertz CT molecular complexity index is 1580. The summed E-state index contributed by atoms with van der Waals surface area (Å²) in [6.07, 6.45) is 0.689. The number of rotatable bonds is 7. The number of piperidine rings is 1. The molecule has 0 unspecified atom stereocenters. The number of carbonyl (C=O) groups is 2. The number of nitrogens with one attached hydrogen (secondary N) is 1. The average molecular weight is 620 g/mol. The molecule has 1 saturated carbocycles. The van der Waals surface area contributed by atoms with Gasteiger partial charge in [0.05, 0.1) is 0 Å². The van der Waals surface area contributed by atoms with Gasteiger partial charge in [-0.15, -0.1) is 13.2 Å². The number of anilines is 1. The molecule has 0 aromatic heterocycles. The highest BCUT2D eigenvalue weighted by Crippen LogP contribution is 2.34. The van der Waals surface area contributed by atoms with E-state index in [0.717, 1.165) is 48.8 Å². The molecule has 0 radical (unpaired) electrons. The molecule has 2 aromatic carbocycles. The summed E-state index contributed by atoms with van der Waals surface area (Å²) in [5.74, 6) is -0.773. The normalized spacial score (nSPS) is 19.5. The van der Waals surface area contributed by atoms with Crippen molar-refractivity contribution in [3.63, 3.8) is 0 Å². The lowest BCUT2D eigenvalue weighted by Gasteiger charge is -2.34. The van der Waals surface area contributed by atoms with Gasteiger partial charge in [-0.2, -0.15) is 4.31 Å². The smallest absolute Gasteiger partial charge is 0.406 e. The molecular weight excluding hydrogens is 587 g/mol. The van der Waals surface area contributed by atoms with Crippen LogP contribution in [-0.2, 0) is 14.8 Å². The molecule has 3 amide bonds. The topological polar surface area (TPSA) is 134 Å². The molecule has 2 fully saturated rings. The molecule has 43 heavy (non-hydrogen) atoms. The highest BCUT2D eigenvalue weighted by Gasteiger charge is 2.47. The van der Waals surface area contributed by atoms with E-state index >= 15 is 0 Å². The molecule has 0 bridgehead atoms. The fourth-order valence-electron chi connectivity index (χ4n) is 5.87. The van der Waals surface area contributed by atoms with Crippen molar-refractivity contribution in [3.8, 4) is 5.75 Å². The van der Waals surface area contributed by atoms with Crippen LogP contribution in [0.2, 0.25) is 0 Å². The van der Waals surface area contributed by atoms with Gasteiger partial charge in [0.2, 0.25) is 10.0 Å². The van der Waals surface area contributed by atoms with Gasteiger partial charge in [-0.05, 0) is 74.1 Å². The number of primary amides is 1. The third-order valence-electron chi connectivity index (χ3n) is 8.11. The zero-order chi connectivity index (χ0) is 31.0. The van der Waals surface area contributed by atoms with Crippen molar-refractivity contribution in [1.29, 1.82) is 0 Å². The highest BCUT2D eigenvalue weighted by molar-refractivity contribution is 7.92. The van der Waals surface area contributed by atoms with Crippen LogP contribution in [0, 0.1) is 6.92 Å². The van der Waals surface area contributed by atoms with E-state index < -0.39 is 39.6 Å². The van der Waals surface area contributed by atoms with Gasteiger partial charge in [0.15, 0.2) is 0 Å². The van der Waals surface area contributed by atoms with E-state index in [9.17, 15) is 31.2 Å². The Morgan fingerprint density at radius 2 is 1.86 bits per heavy atom. The minimum atomic E-state index is -4.86. The Labute approximate surface area is 247 Å². The van der Waals surface area contributed by atoms with E-state index in [1.165, 1.54) is 22.5 Å². The third kappa shape index (κ3) is 6.69. The SMILES string of the molecule is Cc1cc(N(C(N)=O)C2CCCC2)ccc1/C=C/S(=O)(=O)N1CCC2(CC1)N=C(c1cccc(OC(F)(F)F)c1)NC2=O. The summed E-state index contributed by atoms with van der Waals surface area (Å²) in [5, 5.41) is 3.74. The van der Waals surface area contributed by atoms with E-state index in [-0.39, 0.29) is 43.4 Å². The van der Waals surface area contributed by atoms with Gasteiger partial charge in [-0.1, -0.05) is 31.0 Å². The third-order valence-corrected chi connectivity index (χ3v) is 9.67. The second-order valence-electron chi connectivity index (χ2n) is 11.0. The number of aryl methyl sites for hydroxylation is 1. The average Bonchev–Trinajstić information content (AvgIpc) is 3.56. The number of aliphatic imine (C=N–C) groups is 1. The number of hydrogen-bond acceptors (Lipinski definition) is 6. The number of amides is 3. The first-order valence-corrected chi connectivity index (χ1v) is 15.4. The van der Waals surface area contributed by atoms with E-state index in [1.54, 1.807) is 17.0 Å². The fraction of sp³-hybridized carbons (Fsp3) is 0.414. The van der Waals surface area contributed by atoms with Crippen LogP contribution >= 0.6 is 0 Å². The number of sulfonamides is 1. The summed E-state index contributed by atoms with van der Waals surface area (Å²) >= 11 is 0. The molecule has 1 aliphatic carbocycles. The predicted octanol–water partition coefficient (Wildman–Crippen LogP) is 4.43. The lowest BCUT2D eigenvalue weighted by molar-refractivity contribution is -0.274. The Morgan fingerprint density at radius 3 is 2.49 bits per heavy atom. The predicted molar refractivity (Wildman–Crippen MR) is 155 cm³/mol. The first kappa shape index (κ1) is 30.5. The first-order chi connectivity index (χ1) is 20.3. The summed E-state index contributed by atoms with van der Waals surface area (Å²) < 4.78 is 69.4. The molecule has 10 nitrogen and oxygen atoms in total. The molecule has 230 valence electrons. The summed E-state index contributed by atoms with van der Waals surface area (Å²) in [6, 6.07) is 9.99. The maximum atomic E-state index is 13.2. The molecule has 3 aliphatic rings. The van der Waals surface area contributed by atoms with Crippen molar-refractivity contribution < 1.29 is 35.9 Å². The van der Waals surface area contributed by atoms with Crippen molar-refractivity contribution in [2.75, 3.05) is 18.0 Å². The van der Waals surface area contributed by atoms with Crippen LogP contribution in [0.15, 0.2) is 52.9 Å². The van der Waals surface area contributed by atoms with Gasteiger partial charge in [0.1, 0.15) is 17.1 Å². The second kappa shape index (κ2) is 11.6. The molecule has 2 heterocycles. The van der Waals surface area contributed by atoms with Crippen LogP contribution < -0.4 is 20.7 Å². The van der Waals surface area contributed by atoms with Crippen LogP contribution in [0.5, 0.6) is 5.75 Å².